The van der Waals surface area contributed by atoms with E-state index in [4.69, 9.17) is 4.98 Å². The van der Waals surface area contributed by atoms with Crippen molar-refractivity contribution in [2.24, 2.45) is 0 Å². The van der Waals surface area contributed by atoms with Crippen LogP contribution in [0.1, 0.15) is 24.0 Å². The molecule has 5 heteroatoms. The monoisotopic (exact) mass is 397 g/mol. The highest BCUT2D eigenvalue weighted by Crippen LogP contribution is 2.40. The van der Waals surface area contributed by atoms with E-state index in [0.29, 0.717) is 6.04 Å². The molecular weight excluding hydrogens is 370 g/mol. The Kier molecular flexibility index (Phi) is 4.66. The van der Waals surface area contributed by atoms with Crippen LogP contribution in [0.5, 0.6) is 0 Å². The maximum atomic E-state index is 5.15. The van der Waals surface area contributed by atoms with Gasteiger partial charge in [-0.1, -0.05) is 30.3 Å². The minimum atomic E-state index is 0.389. The summed E-state index contributed by atoms with van der Waals surface area (Å²) in [4.78, 5) is 14.2. The van der Waals surface area contributed by atoms with Crippen molar-refractivity contribution in [1.29, 1.82) is 0 Å². The summed E-state index contributed by atoms with van der Waals surface area (Å²) in [5, 5.41) is 3.48. The lowest BCUT2D eigenvalue weighted by atomic mass is 10.1. The number of fused-ring (bicyclic) bond motifs is 2. The van der Waals surface area contributed by atoms with Crippen LogP contribution < -0.4 is 15.1 Å². The van der Waals surface area contributed by atoms with Crippen molar-refractivity contribution in [2.75, 3.05) is 28.2 Å². The molecule has 0 atom stereocenters. The summed E-state index contributed by atoms with van der Waals surface area (Å²) in [5.41, 5.74) is 6.65. The summed E-state index contributed by atoms with van der Waals surface area (Å²) in [6.07, 6.45) is 5.90. The number of piperidine rings is 1. The van der Waals surface area contributed by atoms with E-state index < -0.39 is 0 Å². The predicted octanol–water partition coefficient (Wildman–Crippen LogP) is 5.13. The third-order valence-electron chi connectivity index (χ3n) is 6.02. The topological polar surface area (TPSA) is 44.3 Å². The molecule has 3 aliphatic heterocycles. The van der Waals surface area contributed by atoms with Gasteiger partial charge in [0.05, 0.1) is 23.3 Å². The number of hydrogen-bond acceptors (Lipinski definition) is 5. The lowest BCUT2D eigenvalue weighted by Crippen LogP contribution is -2.41. The lowest BCUT2D eigenvalue weighted by molar-refractivity contribution is 0.500. The van der Waals surface area contributed by atoms with Gasteiger partial charge in [-0.15, -0.1) is 0 Å². The van der Waals surface area contributed by atoms with Crippen molar-refractivity contribution in [3.63, 3.8) is 0 Å². The summed E-state index contributed by atoms with van der Waals surface area (Å²) < 4.78 is 0. The van der Waals surface area contributed by atoms with E-state index >= 15 is 0 Å². The molecule has 5 heterocycles. The van der Waals surface area contributed by atoms with Crippen molar-refractivity contribution in [3.05, 3.63) is 78.4 Å². The first kappa shape index (κ1) is 18.7. The molecule has 6 rings (SSSR count). The Morgan fingerprint density at radius 3 is 2.63 bits per heavy atom. The van der Waals surface area contributed by atoms with E-state index in [9.17, 15) is 0 Å². The van der Waals surface area contributed by atoms with E-state index in [1.54, 1.807) is 0 Å². The van der Waals surface area contributed by atoms with Crippen LogP contribution in [-0.4, -0.2) is 29.1 Å². The number of anilines is 3. The maximum Gasteiger partial charge on any atom is 0.158 e. The Morgan fingerprint density at radius 2 is 1.87 bits per heavy atom. The zero-order valence-electron chi connectivity index (χ0n) is 17.6. The fourth-order valence-electron chi connectivity index (χ4n) is 4.57. The van der Waals surface area contributed by atoms with Crippen LogP contribution in [-0.2, 0) is 0 Å². The van der Waals surface area contributed by atoms with Crippen molar-refractivity contribution in [1.82, 2.24) is 9.97 Å². The molecule has 1 saturated heterocycles. The number of nitrogens with zero attached hydrogens (tertiary/aromatic N) is 4. The highest BCUT2D eigenvalue weighted by Gasteiger charge is 2.35. The number of aromatic nitrogens is 2. The van der Waals surface area contributed by atoms with Gasteiger partial charge in [0.15, 0.2) is 5.82 Å². The Balaban J connectivity index is 1.56. The van der Waals surface area contributed by atoms with Crippen LogP contribution in [0.3, 0.4) is 0 Å². The van der Waals surface area contributed by atoms with Crippen molar-refractivity contribution < 1.29 is 0 Å². The fourth-order valence-corrected chi connectivity index (χ4v) is 4.57. The first-order valence-corrected chi connectivity index (χ1v) is 10.6. The van der Waals surface area contributed by atoms with E-state index in [-0.39, 0.29) is 0 Å². The molecule has 1 aromatic carbocycles. The molecule has 0 unspecified atom stereocenters. The van der Waals surface area contributed by atoms with Crippen LogP contribution in [0, 0.1) is 13.8 Å². The number of benzene rings is 1. The molecule has 1 N–H and O–H groups in total. The molecule has 30 heavy (non-hydrogen) atoms. The van der Waals surface area contributed by atoms with Crippen molar-refractivity contribution in [2.45, 2.75) is 32.7 Å². The van der Waals surface area contributed by atoms with Gasteiger partial charge in [-0.05, 0) is 56.5 Å². The second-order valence-corrected chi connectivity index (χ2v) is 8.32. The lowest BCUT2D eigenvalue weighted by Gasteiger charge is -2.34. The number of rotatable bonds is 4. The number of aryl methyl sites for hydroxylation is 2. The average molecular weight is 398 g/mol. The minimum absolute atomic E-state index is 0.389. The number of nitrogens with one attached hydrogen (secondary N) is 1. The number of pyridine rings is 2. The Morgan fingerprint density at radius 1 is 1.03 bits per heavy atom. The molecule has 3 aromatic rings. The molecule has 2 bridgehead atoms. The van der Waals surface area contributed by atoms with Crippen LogP contribution in [0.25, 0.3) is 11.3 Å². The summed E-state index contributed by atoms with van der Waals surface area (Å²) in [7, 11) is 0. The molecule has 5 nitrogen and oxygen atoms in total. The third kappa shape index (κ3) is 3.41. The highest BCUT2D eigenvalue weighted by atomic mass is 15.4. The van der Waals surface area contributed by atoms with E-state index in [1.165, 1.54) is 11.3 Å². The van der Waals surface area contributed by atoms with E-state index in [0.717, 1.165) is 60.1 Å². The number of hydrogen-bond donors (Lipinski definition) is 1. The van der Waals surface area contributed by atoms with Gasteiger partial charge in [0.1, 0.15) is 5.82 Å². The van der Waals surface area contributed by atoms with Gasteiger partial charge in [0.25, 0.3) is 0 Å². The first-order valence-electron chi connectivity index (χ1n) is 10.6. The van der Waals surface area contributed by atoms with E-state index in [1.807, 2.05) is 19.3 Å². The van der Waals surface area contributed by atoms with Gasteiger partial charge in [0.2, 0.25) is 0 Å². The first-order chi connectivity index (χ1) is 14.6. The molecule has 0 amide bonds. The standard InChI is InChI=1S/C25H27N5/c1-17-5-4-6-20(13-17)23-7-8-24-25(28-23)30(22-9-11-29(24)12-10-22)19(3)27-21-14-18(2)15-26-16-21/h4-8,13-16,22,27H,3,9-12H2,1-2H3. The Hall–Kier alpha value is -3.34. The molecule has 0 radical (unpaired) electrons. The zero-order chi connectivity index (χ0) is 20.7. The van der Waals surface area contributed by atoms with Crippen LogP contribution in [0.15, 0.2) is 67.3 Å². The summed E-state index contributed by atoms with van der Waals surface area (Å²) in [5.74, 6) is 1.85. The Labute approximate surface area is 178 Å². The van der Waals surface area contributed by atoms with Gasteiger partial charge >= 0.3 is 0 Å². The molecule has 0 spiro atoms. The molecule has 0 saturated carbocycles. The molecule has 152 valence electrons. The van der Waals surface area contributed by atoms with Crippen molar-refractivity contribution >= 4 is 17.2 Å². The van der Waals surface area contributed by atoms with Gasteiger partial charge in [-0.25, -0.2) is 4.98 Å². The summed E-state index contributed by atoms with van der Waals surface area (Å²) in [6.45, 7) is 10.7. The smallest absolute Gasteiger partial charge is 0.158 e. The van der Waals surface area contributed by atoms with Gasteiger partial charge in [-0.3, -0.25) is 4.98 Å². The van der Waals surface area contributed by atoms with Gasteiger partial charge in [0, 0.05) is 30.9 Å². The summed E-state index contributed by atoms with van der Waals surface area (Å²) in [6, 6.07) is 15.4. The highest BCUT2D eigenvalue weighted by molar-refractivity contribution is 5.77. The second-order valence-electron chi connectivity index (χ2n) is 8.32. The zero-order valence-corrected chi connectivity index (χ0v) is 17.6. The average Bonchev–Trinajstić information content (AvgIpc) is 2.99. The minimum Gasteiger partial charge on any atom is -0.368 e. The molecule has 0 aliphatic carbocycles. The Bertz CT molecular complexity index is 1100. The SMILES string of the molecule is C=C(Nc1cncc(C)c1)N1c2nc(-c3cccc(C)c3)ccc2N2CCC1CC2. The molecule has 2 aromatic heterocycles. The van der Waals surface area contributed by atoms with Gasteiger partial charge in [-0.2, -0.15) is 0 Å². The molecular formula is C25H27N5. The largest absolute Gasteiger partial charge is 0.368 e. The predicted molar refractivity (Wildman–Crippen MR) is 124 cm³/mol. The molecule has 3 aliphatic rings. The molecule has 1 fully saturated rings. The quantitative estimate of drug-likeness (QED) is 0.661. The van der Waals surface area contributed by atoms with Crippen LogP contribution in [0.4, 0.5) is 17.2 Å². The van der Waals surface area contributed by atoms with Crippen LogP contribution in [0.2, 0.25) is 0 Å². The van der Waals surface area contributed by atoms with Gasteiger partial charge < -0.3 is 15.1 Å². The third-order valence-corrected chi connectivity index (χ3v) is 6.02. The summed E-state index contributed by atoms with van der Waals surface area (Å²) >= 11 is 0. The second kappa shape index (κ2) is 7.48. The maximum absolute atomic E-state index is 5.15. The normalized spacial score (nSPS) is 15.7. The van der Waals surface area contributed by atoms with E-state index in [2.05, 4.69) is 76.1 Å². The van der Waals surface area contributed by atoms with Crippen molar-refractivity contribution in [3.8, 4) is 11.3 Å². The fraction of sp³-hybridized carbons (Fsp3) is 0.280. The van der Waals surface area contributed by atoms with Crippen LogP contribution >= 0.6 is 0 Å².